The Bertz CT molecular complexity index is 624. The van der Waals surface area contributed by atoms with Crippen LogP contribution in [0.5, 0.6) is 0 Å². The lowest BCUT2D eigenvalue weighted by Crippen LogP contribution is -2.02. The van der Waals surface area contributed by atoms with Crippen molar-refractivity contribution in [2.75, 3.05) is 0 Å². The highest BCUT2D eigenvalue weighted by Gasteiger charge is 2.18. The highest BCUT2D eigenvalue weighted by atomic mass is 35.5. The maximum atomic E-state index is 9.34. The Labute approximate surface area is 121 Å². The molecule has 19 heavy (non-hydrogen) atoms. The first-order valence-corrected chi connectivity index (χ1v) is 6.54. The van der Waals surface area contributed by atoms with Crippen LogP contribution in [-0.2, 0) is 6.42 Å². The molecule has 1 aromatic carbocycles. The molecule has 0 fully saturated rings. The fraction of sp³-hybridized carbons (Fsp3) is 0.286. The topological polar surface area (TPSA) is 49.8 Å². The van der Waals surface area contributed by atoms with Crippen LogP contribution >= 0.6 is 23.2 Å². The number of benzene rings is 1. The zero-order chi connectivity index (χ0) is 14.0. The molecule has 1 heterocycles. The summed E-state index contributed by atoms with van der Waals surface area (Å²) in [6.45, 7) is 3.72. The molecule has 0 aliphatic rings. The van der Waals surface area contributed by atoms with Crippen molar-refractivity contribution in [3.8, 4) is 6.07 Å². The second-order valence-corrected chi connectivity index (χ2v) is 5.18. The van der Waals surface area contributed by atoms with Gasteiger partial charge in [-0.2, -0.15) is 5.26 Å². The van der Waals surface area contributed by atoms with E-state index in [4.69, 9.17) is 27.7 Å². The summed E-state index contributed by atoms with van der Waals surface area (Å²) in [7, 11) is 0. The number of halogens is 2. The molecule has 0 N–H and O–H groups in total. The van der Waals surface area contributed by atoms with Gasteiger partial charge in [-0.05, 0) is 38.0 Å². The molecule has 0 spiro atoms. The van der Waals surface area contributed by atoms with E-state index in [2.05, 4.69) is 11.2 Å². The van der Waals surface area contributed by atoms with E-state index in [9.17, 15) is 5.26 Å². The molecular weight excluding hydrogens is 283 g/mol. The van der Waals surface area contributed by atoms with E-state index in [1.807, 2.05) is 19.9 Å². The summed E-state index contributed by atoms with van der Waals surface area (Å²) >= 11 is 11.9. The summed E-state index contributed by atoms with van der Waals surface area (Å²) in [5.74, 6) is 0.448. The van der Waals surface area contributed by atoms with E-state index < -0.39 is 0 Å². The van der Waals surface area contributed by atoms with Crippen LogP contribution in [0.2, 0.25) is 10.0 Å². The number of aryl methyl sites for hydroxylation is 2. The quantitative estimate of drug-likeness (QED) is 0.840. The van der Waals surface area contributed by atoms with Crippen molar-refractivity contribution >= 4 is 23.2 Å². The maximum Gasteiger partial charge on any atom is 0.137 e. The lowest BCUT2D eigenvalue weighted by molar-refractivity contribution is 0.392. The monoisotopic (exact) mass is 294 g/mol. The van der Waals surface area contributed by atoms with Gasteiger partial charge in [0.25, 0.3) is 0 Å². The molecule has 0 saturated carbocycles. The average Bonchev–Trinajstić information content (AvgIpc) is 2.70. The van der Waals surface area contributed by atoms with Crippen LogP contribution in [0.3, 0.4) is 0 Å². The first kappa shape index (κ1) is 13.9. The smallest absolute Gasteiger partial charge is 0.137 e. The fourth-order valence-electron chi connectivity index (χ4n) is 1.96. The average molecular weight is 295 g/mol. The van der Waals surface area contributed by atoms with Crippen molar-refractivity contribution in [3.05, 3.63) is 50.8 Å². The molecule has 0 saturated heterocycles. The van der Waals surface area contributed by atoms with Crippen LogP contribution in [0, 0.1) is 25.2 Å². The third kappa shape index (κ3) is 2.91. The first-order valence-electron chi connectivity index (χ1n) is 5.79. The Kier molecular flexibility index (Phi) is 4.14. The molecule has 1 unspecified atom stereocenters. The van der Waals surface area contributed by atoms with Crippen LogP contribution in [0.15, 0.2) is 22.7 Å². The number of hydrogen-bond acceptors (Lipinski definition) is 3. The zero-order valence-electron chi connectivity index (χ0n) is 10.6. The molecule has 3 nitrogen and oxygen atoms in total. The highest BCUT2D eigenvalue weighted by Crippen LogP contribution is 2.29. The van der Waals surface area contributed by atoms with Gasteiger partial charge in [-0.15, -0.1) is 0 Å². The standard InChI is InChI=1S/C14H12Cl2N2O/c1-8-12(9(2)19-18-8)5-11(7-17)10-3-4-13(15)14(16)6-10/h3-4,6,11H,5H2,1-2H3. The largest absolute Gasteiger partial charge is 0.361 e. The minimum absolute atomic E-state index is 0.299. The van der Waals surface area contributed by atoms with Crippen molar-refractivity contribution in [2.45, 2.75) is 26.2 Å². The van der Waals surface area contributed by atoms with Crippen LogP contribution in [0.1, 0.15) is 28.5 Å². The summed E-state index contributed by atoms with van der Waals surface area (Å²) in [5.41, 5.74) is 2.63. The van der Waals surface area contributed by atoms with E-state index in [0.717, 1.165) is 22.6 Å². The molecular formula is C14H12Cl2N2O. The molecule has 1 atom stereocenters. The summed E-state index contributed by atoms with van der Waals surface area (Å²) < 4.78 is 5.11. The SMILES string of the molecule is Cc1noc(C)c1CC(C#N)c1ccc(Cl)c(Cl)c1. The highest BCUT2D eigenvalue weighted by molar-refractivity contribution is 6.42. The Morgan fingerprint density at radius 2 is 2.05 bits per heavy atom. The maximum absolute atomic E-state index is 9.34. The van der Waals surface area contributed by atoms with Crippen LogP contribution < -0.4 is 0 Å². The van der Waals surface area contributed by atoms with Crippen molar-refractivity contribution in [2.24, 2.45) is 0 Å². The third-order valence-electron chi connectivity index (χ3n) is 3.09. The summed E-state index contributed by atoms with van der Waals surface area (Å²) in [5, 5.41) is 14.2. The second-order valence-electron chi connectivity index (χ2n) is 4.36. The third-order valence-corrected chi connectivity index (χ3v) is 3.83. The number of hydrogen-bond donors (Lipinski definition) is 0. The van der Waals surface area contributed by atoms with Crippen LogP contribution in [-0.4, -0.2) is 5.16 Å². The van der Waals surface area contributed by atoms with Gasteiger partial charge in [0.05, 0.1) is 27.7 Å². The summed E-state index contributed by atoms with van der Waals surface area (Å²) in [4.78, 5) is 0. The molecule has 0 aliphatic carbocycles. The van der Waals surface area contributed by atoms with Gasteiger partial charge in [0.1, 0.15) is 5.76 Å². The Hall–Kier alpha value is -1.50. The molecule has 0 aliphatic heterocycles. The Morgan fingerprint density at radius 3 is 2.58 bits per heavy atom. The molecule has 0 radical (unpaired) electrons. The Morgan fingerprint density at radius 1 is 1.32 bits per heavy atom. The number of rotatable bonds is 3. The van der Waals surface area contributed by atoms with Crippen molar-refractivity contribution in [3.63, 3.8) is 0 Å². The summed E-state index contributed by atoms with van der Waals surface area (Å²) in [6.07, 6.45) is 0.551. The van der Waals surface area contributed by atoms with E-state index in [1.165, 1.54) is 0 Å². The van der Waals surface area contributed by atoms with Gasteiger partial charge < -0.3 is 4.52 Å². The molecule has 0 amide bonds. The van der Waals surface area contributed by atoms with Gasteiger partial charge in [0, 0.05) is 5.56 Å². The van der Waals surface area contributed by atoms with E-state index >= 15 is 0 Å². The van der Waals surface area contributed by atoms with Crippen molar-refractivity contribution < 1.29 is 4.52 Å². The second kappa shape index (κ2) is 5.64. The number of nitriles is 1. The van der Waals surface area contributed by atoms with E-state index in [0.29, 0.717) is 16.5 Å². The van der Waals surface area contributed by atoms with E-state index in [1.54, 1.807) is 12.1 Å². The molecule has 2 aromatic rings. The van der Waals surface area contributed by atoms with Gasteiger partial charge in [0.15, 0.2) is 0 Å². The van der Waals surface area contributed by atoms with Gasteiger partial charge >= 0.3 is 0 Å². The van der Waals surface area contributed by atoms with Gasteiger partial charge in [-0.3, -0.25) is 0 Å². The first-order chi connectivity index (χ1) is 9.02. The molecule has 1 aromatic heterocycles. The summed E-state index contributed by atoms with van der Waals surface area (Å²) in [6, 6.07) is 7.54. The predicted octanol–water partition coefficient (Wildman–Crippen LogP) is 4.45. The minimum Gasteiger partial charge on any atom is -0.361 e. The molecule has 0 bridgehead atoms. The van der Waals surface area contributed by atoms with Gasteiger partial charge in [0.2, 0.25) is 0 Å². The molecule has 5 heteroatoms. The Balaban J connectivity index is 2.31. The van der Waals surface area contributed by atoms with Crippen molar-refractivity contribution in [1.82, 2.24) is 5.16 Å². The molecule has 2 rings (SSSR count). The molecule has 98 valence electrons. The van der Waals surface area contributed by atoms with Crippen LogP contribution in [0.25, 0.3) is 0 Å². The normalized spacial score (nSPS) is 12.2. The van der Waals surface area contributed by atoms with Crippen molar-refractivity contribution in [1.29, 1.82) is 5.26 Å². The lowest BCUT2D eigenvalue weighted by atomic mass is 9.92. The van der Waals surface area contributed by atoms with Gasteiger partial charge in [-0.25, -0.2) is 0 Å². The fourth-order valence-corrected chi connectivity index (χ4v) is 2.27. The van der Waals surface area contributed by atoms with E-state index in [-0.39, 0.29) is 5.92 Å². The lowest BCUT2D eigenvalue weighted by Gasteiger charge is -2.10. The number of aromatic nitrogens is 1. The zero-order valence-corrected chi connectivity index (χ0v) is 12.1. The number of nitrogens with zero attached hydrogens (tertiary/aromatic N) is 2. The van der Waals surface area contributed by atoms with Gasteiger partial charge in [-0.1, -0.05) is 34.4 Å². The predicted molar refractivity (Wildman–Crippen MR) is 74.5 cm³/mol. The van der Waals surface area contributed by atoms with Crippen LogP contribution in [0.4, 0.5) is 0 Å². The minimum atomic E-state index is -0.299.